The number of carboxylic acid groups (broad SMARTS) is 1. The summed E-state index contributed by atoms with van der Waals surface area (Å²) in [5.41, 5.74) is 0.659. The second-order valence-corrected chi connectivity index (χ2v) is 8.63. The fourth-order valence-corrected chi connectivity index (χ4v) is 4.17. The van der Waals surface area contributed by atoms with Gasteiger partial charge >= 0.3 is 5.97 Å². The molecule has 3 aromatic rings. The third-order valence-corrected chi connectivity index (χ3v) is 6.02. The normalized spacial score (nSPS) is 17.5. The van der Waals surface area contributed by atoms with Gasteiger partial charge in [-0.15, -0.1) is 0 Å². The lowest BCUT2D eigenvalue weighted by molar-refractivity contribution is -0.124. The number of carboxylic acids is 1. The summed E-state index contributed by atoms with van der Waals surface area (Å²) in [6.45, 7) is -0.238. The van der Waals surface area contributed by atoms with E-state index >= 15 is 0 Å². The molecule has 0 spiro atoms. The number of benzene rings is 2. The Morgan fingerprint density at radius 3 is 2.61 bits per heavy atom. The van der Waals surface area contributed by atoms with Crippen LogP contribution in [0.5, 0.6) is 5.88 Å². The number of carbonyl (C=O) groups is 2. The summed E-state index contributed by atoms with van der Waals surface area (Å²) in [5.74, 6) is -3.83. The number of nitrogens with zero attached hydrogens (tertiary/aromatic N) is 2. The van der Waals surface area contributed by atoms with Crippen molar-refractivity contribution in [1.29, 1.82) is 0 Å². The van der Waals surface area contributed by atoms with Gasteiger partial charge in [-0.1, -0.05) is 55.3 Å². The summed E-state index contributed by atoms with van der Waals surface area (Å²) >= 11 is 0. The summed E-state index contributed by atoms with van der Waals surface area (Å²) in [5, 5.41) is 16.2. The highest BCUT2D eigenvalue weighted by molar-refractivity contribution is 5.85. The molecule has 0 radical (unpaired) electrons. The second-order valence-electron chi connectivity index (χ2n) is 8.63. The molecule has 2 N–H and O–H groups in total. The van der Waals surface area contributed by atoms with Gasteiger partial charge in [0, 0.05) is 11.6 Å². The first-order valence-corrected chi connectivity index (χ1v) is 11.7. The molecule has 2 atom stereocenters. The number of ether oxygens (including phenoxy) is 2. The van der Waals surface area contributed by atoms with Crippen LogP contribution in [0.4, 0.5) is 8.78 Å². The predicted octanol–water partition coefficient (Wildman–Crippen LogP) is 4.08. The van der Waals surface area contributed by atoms with Crippen LogP contribution in [0.15, 0.2) is 54.6 Å². The average Bonchev–Trinajstić information content (AvgIpc) is 3.28. The standard InChI is InChI=1S/C26H27F2N3O5/c27-19-10-6-9-18(25(19)28)16-36-24-13-21(26(33)34)30-31(24)14-23(32)29-20-11-4-5-12-22(20)35-15-17-7-2-1-3-8-17/h1-3,6-10,13,20,22H,4-5,11-12,14-16H2,(H,29,32)(H,33,34). The Morgan fingerprint density at radius 1 is 1.06 bits per heavy atom. The first-order valence-electron chi connectivity index (χ1n) is 11.7. The first-order chi connectivity index (χ1) is 17.4. The summed E-state index contributed by atoms with van der Waals surface area (Å²) in [6, 6.07) is 14.4. The van der Waals surface area contributed by atoms with E-state index in [4.69, 9.17) is 9.47 Å². The highest BCUT2D eigenvalue weighted by atomic mass is 19.2. The lowest BCUT2D eigenvalue weighted by atomic mass is 9.92. The minimum absolute atomic E-state index is 0.0493. The molecule has 1 saturated carbocycles. The van der Waals surface area contributed by atoms with Gasteiger partial charge in [-0.2, -0.15) is 5.10 Å². The Hall–Kier alpha value is -3.79. The number of rotatable bonds is 10. The summed E-state index contributed by atoms with van der Waals surface area (Å²) in [4.78, 5) is 24.3. The van der Waals surface area contributed by atoms with Gasteiger partial charge in [0.25, 0.3) is 0 Å². The highest BCUT2D eigenvalue weighted by Gasteiger charge is 2.28. The molecule has 0 aliphatic heterocycles. The van der Waals surface area contributed by atoms with Crippen LogP contribution in [0.2, 0.25) is 0 Å². The fourth-order valence-electron chi connectivity index (χ4n) is 4.17. The smallest absolute Gasteiger partial charge is 0.356 e. The van der Waals surface area contributed by atoms with Crippen molar-refractivity contribution in [3.63, 3.8) is 0 Å². The van der Waals surface area contributed by atoms with E-state index in [1.165, 1.54) is 12.1 Å². The van der Waals surface area contributed by atoms with Gasteiger partial charge in [-0.25, -0.2) is 18.3 Å². The number of nitrogens with one attached hydrogen (secondary N) is 1. The zero-order chi connectivity index (χ0) is 25.5. The van der Waals surface area contributed by atoms with Gasteiger partial charge in [-0.3, -0.25) is 4.79 Å². The molecule has 0 bridgehead atoms. The molecule has 1 aliphatic rings. The molecule has 36 heavy (non-hydrogen) atoms. The maximum Gasteiger partial charge on any atom is 0.356 e. The van der Waals surface area contributed by atoms with Crippen LogP contribution >= 0.6 is 0 Å². The number of aromatic nitrogens is 2. The second kappa shape index (κ2) is 11.8. The maximum absolute atomic E-state index is 14.0. The Labute approximate surface area is 206 Å². The van der Waals surface area contributed by atoms with Gasteiger partial charge in [0.1, 0.15) is 13.2 Å². The van der Waals surface area contributed by atoms with Gasteiger partial charge in [-0.05, 0) is 24.5 Å². The highest BCUT2D eigenvalue weighted by Crippen LogP contribution is 2.23. The Morgan fingerprint density at radius 2 is 1.83 bits per heavy atom. The van der Waals surface area contributed by atoms with Crippen molar-refractivity contribution >= 4 is 11.9 Å². The summed E-state index contributed by atoms with van der Waals surface area (Å²) in [7, 11) is 0. The number of aromatic carboxylic acids is 1. The molecule has 0 saturated heterocycles. The number of hydrogen-bond acceptors (Lipinski definition) is 5. The van der Waals surface area contributed by atoms with E-state index in [-0.39, 0.29) is 42.4 Å². The molecule has 190 valence electrons. The van der Waals surface area contributed by atoms with E-state index < -0.39 is 23.5 Å². The molecule has 1 fully saturated rings. The van der Waals surface area contributed by atoms with Crippen molar-refractivity contribution in [1.82, 2.24) is 15.1 Å². The van der Waals surface area contributed by atoms with E-state index in [1.807, 2.05) is 30.3 Å². The molecule has 1 amide bonds. The minimum atomic E-state index is -1.31. The van der Waals surface area contributed by atoms with Crippen LogP contribution in [0, 0.1) is 11.6 Å². The molecule has 2 aromatic carbocycles. The van der Waals surface area contributed by atoms with Crippen molar-refractivity contribution < 1.29 is 33.0 Å². The van der Waals surface area contributed by atoms with Gasteiger partial charge in [0.2, 0.25) is 11.8 Å². The van der Waals surface area contributed by atoms with Crippen LogP contribution in [0.25, 0.3) is 0 Å². The SMILES string of the molecule is O=C(Cn1nc(C(=O)O)cc1OCc1cccc(F)c1F)NC1CCCCC1OCc1ccccc1. The van der Waals surface area contributed by atoms with Crippen molar-refractivity contribution in [2.45, 2.75) is 57.6 Å². The van der Waals surface area contributed by atoms with Crippen LogP contribution in [0.1, 0.15) is 47.3 Å². The van der Waals surface area contributed by atoms with Gasteiger partial charge in [0.05, 0.1) is 18.8 Å². The van der Waals surface area contributed by atoms with E-state index in [2.05, 4.69) is 10.4 Å². The third-order valence-electron chi connectivity index (χ3n) is 6.02. The largest absolute Gasteiger partial charge is 0.476 e. The van der Waals surface area contributed by atoms with Crippen molar-refractivity contribution in [2.24, 2.45) is 0 Å². The van der Waals surface area contributed by atoms with Crippen LogP contribution < -0.4 is 10.1 Å². The Kier molecular flexibility index (Phi) is 8.27. The van der Waals surface area contributed by atoms with E-state index in [1.54, 1.807) is 0 Å². The molecular formula is C26H27F2N3O5. The third kappa shape index (κ3) is 6.45. The molecule has 1 heterocycles. The van der Waals surface area contributed by atoms with E-state index in [0.717, 1.165) is 48.1 Å². The molecule has 10 heteroatoms. The van der Waals surface area contributed by atoms with Gasteiger partial charge in [0.15, 0.2) is 17.3 Å². The lowest BCUT2D eigenvalue weighted by Crippen LogP contribution is -2.47. The fraction of sp³-hybridized carbons (Fsp3) is 0.346. The minimum Gasteiger partial charge on any atom is -0.476 e. The van der Waals surface area contributed by atoms with Crippen LogP contribution in [-0.4, -0.2) is 38.9 Å². The zero-order valence-electron chi connectivity index (χ0n) is 19.5. The quantitative estimate of drug-likeness (QED) is 0.436. The molecule has 1 aromatic heterocycles. The molecule has 2 unspecified atom stereocenters. The average molecular weight is 500 g/mol. The maximum atomic E-state index is 14.0. The molecular weight excluding hydrogens is 472 g/mol. The monoisotopic (exact) mass is 499 g/mol. The molecule has 4 rings (SSSR count). The predicted molar refractivity (Wildman–Crippen MR) is 125 cm³/mol. The first kappa shape index (κ1) is 25.3. The van der Waals surface area contributed by atoms with Crippen LogP contribution in [0.3, 0.4) is 0 Å². The summed E-state index contributed by atoms with van der Waals surface area (Å²) < 4.78 is 40.2. The summed E-state index contributed by atoms with van der Waals surface area (Å²) in [6.07, 6.45) is 3.38. The van der Waals surface area contributed by atoms with Crippen molar-refractivity contribution in [2.75, 3.05) is 0 Å². The Bertz CT molecular complexity index is 1200. The number of hydrogen-bond donors (Lipinski definition) is 2. The molecule has 8 nitrogen and oxygen atoms in total. The zero-order valence-corrected chi connectivity index (χ0v) is 19.5. The molecule has 1 aliphatic carbocycles. The number of carbonyl (C=O) groups excluding carboxylic acids is 1. The Balaban J connectivity index is 1.40. The lowest BCUT2D eigenvalue weighted by Gasteiger charge is -2.32. The topological polar surface area (TPSA) is 103 Å². The number of halogens is 2. The van der Waals surface area contributed by atoms with E-state index in [9.17, 15) is 23.5 Å². The van der Waals surface area contributed by atoms with Gasteiger partial charge < -0.3 is 19.9 Å². The van der Waals surface area contributed by atoms with E-state index in [0.29, 0.717) is 6.61 Å². The number of amides is 1. The van der Waals surface area contributed by atoms with Crippen molar-refractivity contribution in [3.05, 3.63) is 83.1 Å². The van der Waals surface area contributed by atoms with Crippen molar-refractivity contribution in [3.8, 4) is 5.88 Å². The van der Waals surface area contributed by atoms with Crippen LogP contribution in [-0.2, 0) is 29.3 Å².